The summed E-state index contributed by atoms with van der Waals surface area (Å²) in [4.78, 5) is 26.7. The van der Waals surface area contributed by atoms with Crippen molar-refractivity contribution in [2.75, 3.05) is 32.8 Å². The normalized spacial score (nSPS) is 22.8. The standard InChI is InChI=1S/C19H27N3O3.ClH/c23-18(14-25-17-8-2-1-3-9-17)22-11-5-6-15(13-22)19(24)21-16-7-4-10-20-12-16;/h1-3,8-9,15-16,20H,4-7,10-14H2,(H,21,24);1H/t15?,16-;/m0./s1. The molecule has 0 aromatic heterocycles. The number of rotatable bonds is 5. The molecule has 26 heavy (non-hydrogen) atoms. The van der Waals surface area contributed by atoms with Crippen LogP contribution >= 0.6 is 12.4 Å². The third kappa shape index (κ3) is 5.88. The van der Waals surface area contributed by atoms with Gasteiger partial charge in [0.05, 0.1) is 5.92 Å². The largest absolute Gasteiger partial charge is 0.484 e. The Hall–Kier alpha value is -1.79. The second kappa shape index (κ2) is 10.4. The molecule has 0 radical (unpaired) electrons. The molecule has 1 aromatic carbocycles. The number of benzene rings is 1. The van der Waals surface area contributed by atoms with Crippen molar-refractivity contribution in [3.8, 4) is 5.75 Å². The van der Waals surface area contributed by atoms with Crippen LogP contribution < -0.4 is 15.4 Å². The molecule has 2 amide bonds. The highest BCUT2D eigenvalue weighted by atomic mass is 35.5. The summed E-state index contributed by atoms with van der Waals surface area (Å²) in [5.74, 6) is 0.596. The highest BCUT2D eigenvalue weighted by Gasteiger charge is 2.29. The van der Waals surface area contributed by atoms with Crippen molar-refractivity contribution < 1.29 is 14.3 Å². The van der Waals surface area contributed by atoms with Gasteiger partial charge in [-0.25, -0.2) is 0 Å². The van der Waals surface area contributed by atoms with Gasteiger partial charge in [0.15, 0.2) is 6.61 Å². The summed E-state index contributed by atoms with van der Waals surface area (Å²) in [7, 11) is 0. The van der Waals surface area contributed by atoms with Crippen LogP contribution in [-0.4, -0.2) is 55.5 Å². The van der Waals surface area contributed by atoms with Crippen LogP contribution in [0.3, 0.4) is 0 Å². The zero-order chi connectivity index (χ0) is 17.5. The Morgan fingerprint density at radius 1 is 1.19 bits per heavy atom. The van der Waals surface area contributed by atoms with E-state index in [4.69, 9.17) is 4.74 Å². The first kappa shape index (κ1) is 20.5. The molecule has 2 N–H and O–H groups in total. The van der Waals surface area contributed by atoms with Gasteiger partial charge >= 0.3 is 0 Å². The number of ether oxygens (including phenoxy) is 1. The summed E-state index contributed by atoms with van der Waals surface area (Å²) in [6, 6.07) is 9.54. The molecule has 3 rings (SSSR count). The fraction of sp³-hybridized carbons (Fsp3) is 0.579. The Bertz CT molecular complexity index is 579. The Kier molecular flexibility index (Phi) is 8.19. The van der Waals surface area contributed by atoms with E-state index in [2.05, 4.69) is 10.6 Å². The molecular weight excluding hydrogens is 354 g/mol. The first-order chi connectivity index (χ1) is 12.2. The number of carbonyl (C=O) groups is 2. The first-order valence-electron chi connectivity index (χ1n) is 9.19. The van der Waals surface area contributed by atoms with E-state index in [1.165, 1.54) is 0 Å². The van der Waals surface area contributed by atoms with E-state index >= 15 is 0 Å². The Morgan fingerprint density at radius 2 is 2.00 bits per heavy atom. The van der Waals surface area contributed by atoms with Gasteiger partial charge < -0.3 is 20.3 Å². The highest BCUT2D eigenvalue weighted by Crippen LogP contribution is 2.18. The topological polar surface area (TPSA) is 70.7 Å². The van der Waals surface area contributed by atoms with Crippen LogP contribution in [0, 0.1) is 5.92 Å². The van der Waals surface area contributed by atoms with E-state index in [0.717, 1.165) is 38.8 Å². The first-order valence-corrected chi connectivity index (χ1v) is 9.19. The van der Waals surface area contributed by atoms with Crippen molar-refractivity contribution in [2.24, 2.45) is 5.92 Å². The molecule has 0 aliphatic carbocycles. The van der Waals surface area contributed by atoms with Crippen molar-refractivity contribution in [3.05, 3.63) is 30.3 Å². The van der Waals surface area contributed by atoms with Crippen LogP contribution in [0.1, 0.15) is 25.7 Å². The van der Waals surface area contributed by atoms with Gasteiger partial charge in [0.2, 0.25) is 5.91 Å². The lowest BCUT2D eigenvalue weighted by Crippen LogP contribution is -2.51. The summed E-state index contributed by atoms with van der Waals surface area (Å²) >= 11 is 0. The van der Waals surface area contributed by atoms with Gasteiger partial charge in [-0.05, 0) is 44.4 Å². The minimum absolute atomic E-state index is 0. The molecule has 2 atom stereocenters. The molecule has 0 saturated carbocycles. The summed E-state index contributed by atoms with van der Waals surface area (Å²) in [6.45, 7) is 3.07. The number of amides is 2. The van der Waals surface area contributed by atoms with Crippen molar-refractivity contribution in [2.45, 2.75) is 31.7 Å². The molecule has 2 heterocycles. The number of para-hydroxylation sites is 1. The maximum Gasteiger partial charge on any atom is 0.260 e. The molecule has 0 spiro atoms. The predicted molar refractivity (Wildman–Crippen MR) is 103 cm³/mol. The summed E-state index contributed by atoms with van der Waals surface area (Å²) < 4.78 is 5.54. The van der Waals surface area contributed by atoms with E-state index in [0.29, 0.717) is 18.8 Å². The SMILES string of the molecule is Cl.O=C(N[C@H]1CCCNC1)C1CCCN(C(=O)COc2ccccc2)C1. The molecule has 2 fully saturated rings. The molecule has 1 aromatic rings. The maximum absolute atomic E-state index is 12.5. The van der Waals surface area contributed by atoms with Crippen LogP contribution in [0.5, 0.6) is 5.75 Å². The molecule has 1 unspecified atom stereocenters. The summed E-state index contributed by atoms with van der Waals surface area (Å²) in [6.07, 6.45) is 3.82. The van der Waals surface area contributed by atoms with Crippen LogP contribution in [0.4, 0.5) is 0 Å². The third-order valence-electron chi connectivity index (χ3n) is 4.89. The minimum Gasteiger partial charge on any atom is -0.484 e. The van der Waals surface area contributed by atoms with E-state index in [-0.39, 0.29) is 42.8 Å². The molecule has 2 aliphatic heterocycles. The number of piperidine rings is 2. The van der Waals surface area contributed by atoms with Crippen LogP contribution in [0.2, 0.25) is 0 Å². The predicted octanol–water partition coefficient (Wildman–Crippen LogP) is 1.59. The molecule has 7 heteroatoms. The number of nitrogens with zero attached hydrogens (tertiary/aromatic N) is 1. The summed E-state index contributed by atoms with van der Waals surface area (Å²) in [5.41, 5.74) is 0. The number of carbonyl (C=O) groups excluding carboxylic acids is 2. The number of nitrogens with one attached hydrogen (secondary N) is 2. The van der Waals surface area contributed by atoms with Gasteiger partial charge in [0, 0.05) is 25.7 Å². The quantitative estimate of drug-likeness (QED) is 0.812. The monoisotopic (exact) mass is 381 g/mol. The Morgan fingerprint density at radius 3 is 2.73 bits per heavy atom. The maximum atomic E-state index is 12.5. The zero-order valence-corrected chi connectivity index (χ0v) is 15.8. The fourth-order valence-electron chi connectivity index (χ4n) is 3.46. The molecule has 144 valence electrons. The van der Waals surface area contributed by atoms with Crippen molar-refractivity contribution in [3.63, 3.8) is 0 Å². The molecule has 2 saturated heterocycles. The van der Waals surface area contributed by atoms with Crippen LogP contribution in [-0.2, 0) is 9.59 Å². The third-order valence-corrected chi connectivity index (χ3v) is 4.89. The summed E-state index contributed by atoms with van der Waals surface area (Å²) in [5, 5.41) is 6.44. The van der Waals surface area contributed by atoms with Crippen molar-refractivity contribution in [1.82, 2.24) is 15.5 Å². The lowest BCUT2D eigenvalue weighted by atomic mass is 9.96. The zero-order valence-electron chi connectivity index (χ0n) is 15.0. The van der Waals surface area contributed by atoms with Crippen molar-refractivity contribution >= 4 is 24.2 Å². The lowest BCUT2D eigenvalue weighted by Gasteiger charge is -2.33. The van der Waals surface area contributed by atoms with Crippen LogP contribution in [0.25, 0.3) is 0 Å². The van der Waals surface area contributed by atoms with E-state index in [9.17, 15) is 9.59 Å². The van der Waals surface area contributed by atoms with Gasteiger partial charge in [0.25, 0.3) is 5.91 Å². The van der Waals surface area contributed by atoms with E-state index < -0.39 is 0 Å². The Balaban J connectivity index is 0.00000243. The number of hydrogen-bond acceptors (Lipinski definition) is 4. The smallest absolute Gasteiger partial charge is 0.260 e. The van der Waals surface area contributed by atoms with E-state index in [1.807, 2.05) is 30.3 Å². The average Bonchev–Trinajstić information content (AvgIpc) is 2.68. The highest BCUT2D eigenvalue weighted by molar-refractivity contribution is 5.85. The van der Waals surface area contributed by atoms with E-state index in [1.54, 1.807) is 4.90 Å². The number of halogens is 1. The van der Waals surface area contributed by atoms with Gasteiger partial charge in [-0.15, -0.1) is 12.4 Å². The average molecular weight is 382 g/mol. The number of hydrogen-bond donors (Lipinski definition) is 2. The van der Waals surface area contributed by atoms with Gasteiger partial charge in [-0.3, -0.25) is 9.59 Å². The molecule has 2 aliphatic rings. The van der Waals surface area contributed by atoms with Gasteiger partial charge in [-0.2, -0.15) is 0 Å². The van der Waals surface area contributed by atoms with Gasteiger partial charge in [-0.1, -0.05) is 18.2 Å². The second-order valence-electron chi connectivity index (χ2n) is 6.83. The van der Waals surface area contributed by atoms with Crippen LogP contribution in [0.15, 0.2) is 30.3 Å². The molecular formula is C19H28ClN3O3. The number of likely N-dealkylation sites (tertiary alicyclic amines) is 1. The van der Waals surface area contributed by atoms with Gasteiger partial charge in [0.1, 0.15) is 5.75 Å². The molecule has 0 bridgehead atoms. The Labute approximate surface area is 161 Å². The minimum atomic E-state index is -0.114. The fourth-order valence-corrected chi connectivity index (χ4v) is 3.46. The van der Waals surface area contributed by atoms with Crippen molar-refractivity contribution in [1.29, 1.82) is 0 Å². The second-order valence-corrected chi connectivity index (χ2v) is 6.83. The lowest BCUT2D eigenvalue weighted by molar-refractivity contribution is -0.137. The molecule has 6 nitrogen and oxygen atoms in total.